The van der Waals surface area contributed by atoms with Gasteiger partial charge in [0.2, 0.25) is 0 Å². The molecule has 0 saturated heterocycles. The third-order valence-corrected chi connectivity index (χ3v) is 3.32. The number of nitrogens with one attached hydrogen (secondary N) is 1. The molecule has 2 aromatic carbocycles. The van der Waals surface area contributed by atoms with E-state index in [4.69, 9.17) is 0 Å². The van der Waals surface area contributed by atoms with Crippen LogP contribution in [0, 0.1) is 23.3 Å². The minimum Gasteiger partial charge on any atom is -0.316 e. The normalized spacial score (nSPS) is 12.4. The van der Waals surface area contributed by atoms with Crippen molar-refractivity contribution >= 4 is 0 Å². The van der Waals surface area contributed by atoms with Crippen molar-refractivity contribution in [3.8, 4) is 0 Å². The van der Waals surface area contributed by atoms with E-state index >= 15 is 0 Å². The fourth-order valence-corrected chi connectivity index (χ4v) is 2.26. The van der Waals surface area contributed by atoms with Crippen molar-refractivity contribution in [3.63, 3.8) is 0 Å². The predicted molar refractivity (Wildman–Crippen MR) is 73.0 cm³/mol. The van der Waals surface area contributed by atoms with Gasteiger partial charge < -0.3 is 5.32 Å². The summed E-state index contributed by atoms with van der Waals surface area (Å²) in [7, 11) is 1.64. The molecule has 0 bridgehead atoms. The number of benzene rings is 2. The lowest BCUT2D eigenvalue weighted by molar-refractivity contribution is 0.499. The Balaban J connectivity index is 2.17. The Morgan fingerprint density at radius 1 is 0.905 bits per heavy atom. The Morgan fingerprint density at radius 2 is 1.48 bits per heavy atom. The molecular formula is C16H15F4N. The van der Waals surface area contributed by atoms with Gasteiger partial charge in [-0.3, -0.25) is 0 Å². The summed E-state index contributed by atoms with van der Waals surface area (Å²) in [4.78, 5) is 0. The minimum absolute atomic E-state index is 0.0336. The topological polar surface area (TPSA) is 12.0 Å². The van der Waals surface area contributed by atoms with Crippen LogP contribution >= 0.6 is 0 Å². The van der Waals surface area contributed by atoms with Gasteiger partial charge in [-0.05, 0) is 49.7 Å². The largest absolute Gasteiger partial charge is 0.316 e. The molecule has 0 radical (unpaired) electrons. The van der Waals surface area contributed by atoms with Gasteiger partial charge in [0.1, 0.15) is 23.3 Å². The van der Waals surface area contributed by atoms with Gasteiger partial charge in [0.25, 0.3) is 0 Å². The summed E-state index contributed by atoms with van der Waals surface area (Å²) >= 11 is 0. The van der Waals surface area contributed by atoms with Gasteiger partial charge in [0, 0.05) is 17.7 Å². The Kier molecular flexibility index (Phi) is 4.96. The first-order valence-corrected chi connectivity index (χ1v) is 6.54. The van der Waals surface area contributed by atoms with Crippen LogP contribution in [0.3, 0.4) is 0 Å². The van der Waals surface area contributed by atoms with Crippen LogP contribution in [0.25, 0.3) is 0 Å². The van der Waals surface area contributed by atoms with Gasteiger partial charge in [0.15, 0.2) is 0 Å². The molecule has 0 fully saturated rings. The Labute approximate surface area is 120 Å². The summed E-state index contributed by atoms with van der Waals surface area (Å²) in [5, 5.41) is 2.91. The van der Waals surface area contributed by atoms with Crippen molar-refractivity contribution in [2.75, 3.05) is 7.05 Å². The highest BCUT2D eigenvalue weighted by Crippen LogP contribution is 2.17. The molecule has 2 aromatic rings. The molecule has 2 rings (SSSR count). The van der Waals surface area contributed by atoms with Gasteiger partial charge in [-0.25, -0.2) is 17.6 Å². The summed E-state index contributed by atoms with van der Waals surface area (Å²) in [6.07, 6.45) is 0.353. The van der Waals surface area contributed by atoms with Gasteiger partial charge in [0.05, 0.1) is 0 Å². The van der Waals surface area contributed by atoms with Crippen molar-refractivity contribution in [3.05, 3.63) is 70.8 Å². The second-order valence-electron chi connectivity index (χ2n) is 4.87. The fraction of sp³-hybridized carbons (Fsp3) is 0.250. The zero-order chi connectivity index (χ0) is 15.4. The third kappa shape index (κ3) is 4.04. The summed E-state index contributed by atoms with van der Waals surface area (Å²) in [5.74, 6) is -2.59. The van der Waals surface area contributed by atoms with Crippen LogP contribution in [-0.2, 0) is 12.8 Å². The van der Waals surface area contributed by atoms with Crippen LogP contribution in [-0.4, -0.2) is 13.1 Å². The van der Waals surface area contributed by atoms with E-state index in [0.29, 0.717) is 5.56 Å². The molecule has 112 valence electrons. The minimum atomic E-state index is -0.670. The molecule has 0 aliphatic carbocycles. The molecule has 0 saturated carbocycles. The Morgan fingerprint density at radius 3 is 2.00 bits per heavy atom. The second-order valence-corrected chi connectivity index (χ2v) is 4.87. The summed E-state index contributed by atoms with van der Waals surface area (Å²) < 4.78 is 53.6. The van der Waals surface area contributed by atoms with E-state index in [1.54, 1.807) is 7.05 Å². The van der Waals surface area contributed by atoms with Crippen LogP contribution in [0.4, 0.5) is 17.6 Å². The van der Waals surface area contributed by atoms with Gasteiger partial charge in [-0.2, -0.15) is 0 Å². The van der Waals surface area contributed by atoms with Gasteiger partial charge in [-0.15, -0.1) is 0 Å². The van der Waals surface area contributed by atoms with E-state index in [9.17, 15) is 17.6 Å². The van der Waals surface area contributed by atoms with Crippen molar-refractivity contribution in [2.45, 2.75) is 18.9 Å². The predicted octanol–water partition coefficient (Wildman–Crippen LogP) is 3.62. The van der Waals surface area contributed by atoms with Crippen molar-refractivity contribution in [1.29, 1.82) is 0 Å². The highest BCUT2D eigenvalue weighted by Gasteiger charge is 2.15. The molecule has 0 spiro atoms. The zero-order valence-electron chi connectivity index (χ0n) is 11.5. The monoisotopic (exact) mass is 297 g/mol. The highest BCUT2D eigenvalue weighted by molar-refractivity contribution is 5.23. The van der Waals surface area contributed by atoms with Crippen molar-refractivity contribution in [1.82, 2.24) is 5.32 Å². The van der Waals surface area contributed by atoms with Crippen LogP contribution in [0.5, 0.6) is 0 Å². The molecule has 1 N–H and O–H groups in total. The lowest BCUT2D eigenvalue weighted by Gasteiger charge is -2.17. The van der Waals surface area contributed by atoms with E-state index in [-0.39, 0.29) is 24.4 Å². The van der Waals surface area contributed by atoms with E-state index in [2.05, 4.69) is 5.32 Å². The first-order valence-electron chi connectivity index (χ1n) is 6.54. The van der Waals surface area contributed by atoms with Crippen LogP contribution in [0.1, 0.15) is 11.1 Å². The molecule has 1 unspecified atom stereocenters. The Bertz CT molecular complexity index is 587. The number of hydrogen-bond acceptors (Lipinski definition) is 1. The van der Waals surface area contributed by atoms with Gasteiger partial charge in [-0.1, -0.05) is 6.07 Å². The molecule has 21 heavy (non-hydrogen) atoms. The standard InChI is InChI=1S/C16H15F4N/c1-21-13(7-10-5-11(17)8-12(18)6-10)9-14-15(19)3-2-4-16(14)20/h2-6,8,13,21H,7,9H2,1H3. The molecule has 0 heterocycles. The summed E-state index contributed by atoms with van der Waals surface area (Å²) in [5.41, 5.74) is 0.400. The molecule has 1 atom stereocenters. The van der Waals surface area contributed by atoms with E-state index in [1.807, 2.05) is 0 Å². The third-order valence-electron chi connectivity index (χ3n) is 3.32. The SMILES string of the molecule is CNC(Cc1cc(F)cc(F)c1)Cc1c(F)cccc1F. The quantitative estimate of drug-likeness (QED) is 0.831. The number of halogens is 4. The highest BCUT2D eigenvalue weighted by atomic mass is 19.1. The number of rotatable bonds is 5. The molecule has 0 amide bonds. The molecule has 5 heteroatoms. The first-order chi connectivity index (χ1) is 9.99. The zero-order valence-corrected chi connectivity index (χ0v) is 11.5. The van der Waals surface area contributed by atoms with Crippen molar-refractivity contribution in [2.24, 2.45) is 0 Å². The van der Waals surface area contributed by atoms with Crippen LogP contribution in [0.2, 0.25) is 0 Å². The molecule has 0 aliphatic heterocycles. The maximum absolute atomic E-state index is 13.6. The smallest absolute Gasteiger partial charge is 0.129 e. The van der Waals surface area contributed by atoms with Crippen LogP contribution in [0.15, 0.2) is 36.4 Å². The van der Waals surface area contributed by atoms with Gasteiger partial charge >= 0.3 is 0 Å². The lowest BCUT2D eigenvalue weighted by Crippen LogP contribution is -2.30. The second kappa shape index (κ2) is 6.72. The lowest BCUT2D eigenvalue weighted by atomic mass is 9.98. The van der Waals surface area contributed by atoms with E-state index < -0.39 is 23.3 Å². The number of hydrogen-bond donors (Lipinski definition) is 1. The summed E-state index contributed by atoms with van der Waals surface area (Å²) in [6, 6.07) is 6.55. The fourth-order valence-electron chi connectivity index (χ4n) is 2.26. The maximum Gasteiger partial charge on any atom is 0.129 e. The first kappa shape index (κ1) is 15.5. The van der Waals surface area contributed by atoms with E-state index in [1.165, 1.54) is 30.3 Å². The Hall–Kier alpha value is -1.88. The van der Waals surface area contributed by atoms with E-state index in [0.717, 1.165) is 6.07 Å². The van der Waals surface area contributed by atoms with Crippen LogP contribution < -0.4 is 5.32 Å². The average Bonchev–Trinajstić information content (AvgIpc) is 2.40. The molecule has 1 nitrogen and oxygen atoms in total. The average molecular weight is 297 g/mol. The molecular weight excluding hydrogens is 282 g/mol. The molecule has 0 aliphatic rings. The van der Waals surface area contributed by atoms with Crippen molar-refractivity contribution < 1.29 is 17.6 Å². The number of likely N-dealkylation sites (N-methyl/N-ethyl adjacent to an activating group) is 1. The molecule has 0 aromatic heterocycles. The maximum atomic E-state index is 13.6. The summed E-state index contributed by atoms with van der Waals surface area (Å²) in [6.45, 7) is 0.